The second-order valence-electron chi connectivity index (χ2n) is 17.9. The van der Waals surface area contributed by atoms with Crippen LogP contribution in [0.1, 0.15) is 182 Å². The van der Waals surface area contributed by atoms with Gasteiger partial charge in [-0.1, -0.05) is 130 Å². The molecule has 8 heteroatoms. The van der Waals surface area contributed by atoms with Gasteiger partial charge in [-0.2, -0.15) is 0 Å². The lowest BCUT2D eigenvalue weighted by Gasteiger charge is -2.27. The summed E-state index contributed by atoms with van der Waals surface area (Å²) in [4.78, 5) is 0. The highest BCUT2D eigenvalue weighted by Crippen LogP contribution is 2.21. The average molecular weight is 789 g/mol. The summed E-state index contributed by atoms with van der Waals surface area (Å²) >= 11 is 0. The van der Waals surface area contributed by atoms with Crippen LogP contribution in [0.15, 0.2) is 74.9 Å². The number of aromatic nitrogens is 8. The summed E-state index contributed by atoms with van der Waals surface area (Å²) in [7, 11) is 0. The zero-order chi connectivity index (χ0) is 40.2. The maximum absolute atomic E-state index is 2.49. The first-order valence-corrected chi connectivity index (χ1v) is 24.2. The van der Waals surface area contributed by atoms with Crippen molar-refractivity contribution in [3.05, 3.63) is 74.9 Å². The number of nitrogens with zero attached hydrogens (tertiary/aromatic N) is 8. The average Bonchev–Trinajstić information content (AvgIpc) is 4.04. The Morgan fingerprint density at radius 2 is 0.509 bits per heavy atom. The maximum Gasteiger partial charge on any atom is 0.243 e. The van der Waals surface area contributed by atoms with E-state index in [4.69, 9.17) is 0 Å². The molecule has 0 N–H and O–H groups in total. The maximum atomic E-state index is 2.49. The van der Waals surface area contributed by atoms with Crippen LogP contribution >= 0.6 is 0 Å². The minimum Gasteiger partial charge on any atom is -0.237 e. The fourth-order valence-corrected chi connectivity index (χ4v) is 8.81. The van der Waals surface area contributed by atoms with Crippen LogP contribution < -0.4 is 18.3 Å². The van der Waals surface area contributed by atoms with E-state index >= 15 is 0 Å². The highest BCUT2D eigenvalue weighted by atomic mass is 15.2. The first-order chi connectivity index (χ1) is 28.0. The van der Waals surface area contributed by atoms with Crippen molar-refractivity contribution in [3.8, 4) is 0 Å². The molecule has 0 aliphatic rings. The molecule has 4 rings (SSSR count). The largest absolute Gasteiger partial charge is 0.243 e. The first-order valence-electron chi connectivity index (χ1n) is 24.2. The van der Waals surface area contributed by atoms with E-state index in [0.29, 0.717) is 0 Å². The van der Waals surface area contributed by atoms with Gasteiger partial charge in [-0.3, -0.25) is 0 Å². The molecule has 4 heterocycles. The quantitative estimate of drug-likeness (QED) is 0.0325. The lowest BCUT2D eigenvalue weighted by molar-refractivity contribution is -0.815. The molecule has 57 heavy (non-hydrogen) atoms. The molecule has 0 aliphatic carbocycles. The Morgan fingerprint density at radius 3 is 0.737 bits per heavy atom. The van der Waals surface area contributed by atoms with Gasteiger partial charge >= 0.3 is 0 Å². The Hall–Kier alpha value is -3.16. The number of unbranched alkanes of at least 4 members (excludes halogenated alkanes) is 20. The van der Waals surface area contributed by atoms with Crippen LogP contribution in [-0.4, -0.2) is 18.3 Å². The molecule has 0 fully saturated rings. The minimum absolute atomic E-state index is 0.0675. The van der Waals surface area contributed by atoms with Gasteiger partial charge in [0.2, 0.25) is 25.3 Å². The molecule has 0 amide bonds. The van der Waals surface area contributed by atoms with Crippen molar-refractivity contribution >= 4 is 0 Å². The Labute approximate surface area is 350 Å². The van der Waals surface area contributed by atoms with Gasteiger partial charge in [0.15, 0.2) is 0 Å². The molecule has 0 saturated carbocycles. The van der Waals surface area contributed by atoms with E-state index in [1.54, 1.807) is 0 Å². The predicted molar refractivity (Wildman–Crippen MR) is 234 cm³/mol. The first kappa shape index (κ1) is 46.5. The van der Waals surface area contributed by atoms with Crippen molar-refractivity contribution in [2.45, 2.75) is 234 Å². The fourth-order valence-electron chi connectivity index (χ4n) is 8.81. The normalized spacial score (nSPS) is 12.0. The predicted octanol–water partition coefficient (Wildman–Crippen LogP) is 10.6. The molecule has 0 spiro atoms. The standard InChI is InChI=1S/C49H88N8/c1-5-9-13-17-21-25-29-50-33-37-54(45-50)41-49(42-55-38-34-51(46-55)30-26-22-18-14-10-6-2,43-56-39-35-52(47-56)31-27-23-19-15-11-7-3)44-57-40-36-53(48-57)32-28-24-20-16-12-8-4/h33-40,45-48H,5-32,41-44H2,1-4H3/q+4. The second kappa shape index (κ2) is 28.3. The summed E-state index contributed by atoms with van der Waals surface area (Å²) in [6.45, 7) is 17.5. The monoisotopic (exact) mass is 789 g/mol. The van der Waals surface area contributed by atoms with Gasteiger partial charge in [-0.25, -0.2) is 36.5 Å². The van der Waals surface area contributed by atoms with E-state index in [1.165, 1.54) is 154 Å². The molecule has 4 aromatic rings. The fraction of sp³-hybridized carbons (Fsp3) is 0.755. The topological polar surface area (TPSA) is 35.2 Å². The Morgan fingerprint density at radius 1 is 0.298 bits per heavy atom. The molecule has 0 saturated heterocycles. The van der Waals surface area contributed by atoms with Gasteiger partial charge < -0.3 is 0 Å². The highest BCUT2D eigenvalue weighted by Gasteiger charge is 2.41. The van der Waals surface area contributed by atoms with Crippen LogP contribution in [0.4, 0.5) is 0 Å². The summed E-state index contributed by atoms with van der Waals surface area (Å²) in [6, 6.07) is 0. The Bertz CT molecular complexity index is 1310. The van der Waals surface area contributed by atoms with Gasteiger partial charge in [0.25, 0.3) is 0 Å². The molecule has 8 nitrogen and oxygen atoms in total. The van der Waals surface area contributed by atoms with Crippen LogP contribution in [-0.2, 0) is 52.4 Å². The zero-order valence-electron chi connectivity index (χ0n) is 37.6. The van der Waals surface area contributed by atoms with Crippen LogP contribution in [0.3, 0.4) is 0 Å². The summed E-state index contributed by atoms with van der Waals surface area (Å²) in [5.74, 6) is 0. The van der Waals surface area contributed by atoms with Crippen LogP contribution in [0.25, 0.3) is 0 Å². The third kappa shape index (κ3) is 19.0. The molecule has 0 unspecified atom stereocenters. The van der Waals surface area contributed by atoms with Crippen molar-refractivity contribution in [2.24, 2.45) is 5.41 Å². The number of hydrogen-bond donors (Lipinski definition) is 0. The van der Waals surface area contributed by atoms with E-state index in [9.17, 15) is 0 Å². The third-order valence-corrected chi connectivity index (χ3v) is 12.1. The molecule has 320 valence electrons. The van der Waals surface area contributed by atoms with Gasteiger partial charge in [0.1, 0.15) is 81.2 Å². The van der Waals surface area contributed by atoms with E-state index in [0.717, 1.165) is 52.4 Å². The van der Waals surface area contributed by atoms with Crippen molar-refractivity contribution in [2.75, 3.05) is 0 Å². The summed E-state index contributed by atoms with van der Waals surface area (Å²) in [5, 5.41) is 0. The molecule has 0 bridgehead atoms. The molecule has 4 aromatic heterocycles. The van der Waals surface area contributed by atoms with Crippen molar-refractivity contribution in [3.63, 3.8) is 0 Å². The van der Waals surface area contributed by atoms with Crippen molar-refractivity contribution in [1.29, 1.82) is 0 Å². The third-order valence-electron chi connectivity index (χ3n) is 12.1. The van der Waals surface area contributed by atoms with E-state index in [2.05, 4.69) is 139 Å². The molecule has 0 aromatic carbocycles. The molecular formula is C49H88N8+4. The number of aryl methyl sites for hydroxylation is 4. The number of hydrogen-bond acceptors (Lipinski definition) is 0. The van der Waals surface area contributed by atoms with Gasteiger partial charge in [-0.15, -0.1) is 0 Å². The lowest BCUT2D eigenvalue weighted by Crippen LogP contribution is -2.61. The molecular weight excluding hydrogens is 701 g/mol. The summed E-state index contributed by atoms with van der Waals surface area (Å²) < 4.78 is 19.7. The Kier molecular flexibility index (Phi) is 23.1. The summed E-state index contributed by atoms with van der Waals surface area (Å²) in [6.07, 6.45) is 60.2. The molecule has 0 atom stereocenters. The second-order valence-corrected chi connectivity index (χ2v) is 17.9. The van der Waals surface area contributed by atoms with E-state index < -0.39 is 0 Å². The van der Waals surface area contributed by atoms with Crippen molar-refractivity contribution < 1.29 is 18.3 Å². The van der Waals surface area contributed by atoms with Crippen molar-refractivity contribution in [1.82, 2.24) is 18.3 Å². The van der Waals surface area contributed by atoms with E-state index in [-0.39, 0.29) is 5.41 Å². The highest BCUT2D eigenvalue weighted by molar-refractivity contribution is 4.75. The summed E-state index contributed by atoms with van der Waals surface area (Å²) in [5.41, 5.74) is -0.0675. The number of rotatable bonds is 36. The lowest BCUT2D eigenvalue weighted by atomic mass is 9.86. The van der Waals surface area contributed by atoms with Gasteiger partial charge in [0.05, 0.1) is 26.2 Å². The zero-order valence-corrected chi connectivity index (χ0v) is 37.6. The SMILES string of the molecule is CCCCCCCCn1cc[n+](CC(C[n+]2ccn(CCCCCCCC)c2)(C[n+]2ccn(CCCCCCCC)c2)C[n+]2ccn(CCCCCCCC)c2)c1. The molecule has 0 radical (unpaired) electrons. The smallest absolute Gasteiger partial charge is 0.237 e. The number of imidazole rings is 4. The van der Waals surface area contributed by atoms with E-state index in [1.807, 2.05) is 0 Å². The van der Waals surface area contributed by atoms with Gasteiger partial charge in [0, 0.05) is 0 Å². The molecule has 0 aliphatic heterocycles. The van der Waals surface area contributed by atoms with Crippen LogP contribution in [0.5, 0.6) is 0 Å². The minimum atomic E-state index is -0.0675. The van der Waals surface area contributed by atoms with Gasteiger partial charge in [-0.05, 0) is 51.4 Å². The Balaban J connectivity index is 1.54. The van der Waals surface area contributed by atoms with Crippen LogP contribution in [0.2, 0.25) is 0 Å². The van der Waals surface area contributed by atoms with Crippen LogP contribution in [0, 0.1) is 5.41 Å².